The first kappa shape index (κ1) is 13.3. The highest BCUT2D eigenvalue weighted by atomic mass is 15.3. The van der Waals surface area contributed by atoms with E-state index in [4.69, 9.17) is 5.26 Å². The summed E-state index contributed by atoms with van der Waals surface area (Å²) in [4.78, 5) is 4.41. The zero-order chi connectivity index (χ0) is 14.5. The number of nitrogens with one attached hydrogen (secondary N) is 2. The average Bonchev–Trinajstić information content (AvgIpc) is 3.01. The lowest BCUT2D eigenvalue weighted by Crippen LogP contribution is -2.16. The minimum atomic E-state index is 0.447. The van der Waals surface area contributed by atoms with Gasteiger partial charge in [-0.3, -0.25) is 0 Å². The maximum Gasteiger partial charge on any atom is 0.249 e. The second-order valence-corrected chi connectivity index (χ2v) is 5.11. The fraction of sp³-hybridized carbons (Fsp3) is 0.333. The highest BCUT2D eigenvalue weighted by Crippen LogP contribution is 2.21. The fourth-order valence-corrected chi connectivity index (χ4v) is 2.46. The lowest BCUT2D eigenvalue weighted by molar-refractivity contribution is 0.747. The number of rotatable bonds is 4. The molecule has 0 aliphatic heterocycles. The summed E-state index contributed by atoms with van der Waals surface area (Å²) in [5.41, 5.74) is 1.45. The summed E-state index contributed by atoms with van der Waals surface area (Å²) in [7, 11) is 0. The molecule has 21 heavy (non-hydrogen) atoms. The van der Waals surface area contributed by atoms with E-state index in [9.17, 15) is 0 Å². The summed E-state index contributed by atoms with van der Waals surface area (Å²) in [5, 5.41) is 23.2. The Bertz CT molecular complexity index is 640. The zero-order valence-electron chi connectivity index (χ0n) is 11.6. The van der Waals surface area contributed by atoms with Gasteiger partial charge in [-0.25, -0.2) is 0 Å². The monoisotopic (exact) mass is 280 g/mol. The van der Waals surface area contributed by atoms with Gasteiger partial charge in [0, 0.05) is 11.7 Å². The quantitative estimate of drug-likeness (QED) is 0.895. The third-order valence-corrected chi connectivity index (χ3v) is 3.54. The van der Waals surface area contributed by atoms with Crippen molar-refractivity contribution in [3.05, 3.63) is 36.0 Å². The highest BCUT2D eigenvalue weighted by molar-refractivity contribution is 5.55. The normalized spacial score (nSPS) is 14.6. The van der Waals surface area contributed by atoms with Crippen molar-refractivity contribution in [2.75, 3.05) is 10.6 Å². The molecule has 2 N–H and O–H groups in total. The van der Waals surface area contributed by atoms with E-state index in [1.807, 2.05) is 12.1 Å². The predicted octanol–water partition coefficient (Wildman–Crippen LogP) is 2.84. The van der Waals surface area contributed by atoms with Crippen LogP contribution in [0.4, 0.5) is 17.5 Å². The molecule has 0 atom stereocenters. The minimum absolute atomic E-state index is 0.447. The Balaban J connectivity index is 1.68. The van der Waals surface area contributed by atoms with Crippen LogP contribution in [0.2, 0.25) is 0 Å². The maximum absolute atomic E-state index is 8.78. The van der Waals surface area contributed by atoms with Gasteiger partial charge < -0.3 is 10.6 Å². The van der Waals surface area contributed by atoms with Crippen molar-refractivity contribution in [3.8, 4) is 6.07 Å². The molecule has 1 aliphatic carbocycles. The van der Waals surface area contributed by atoms with Crippen LogP contribution in [-0.4, -0.2) is 21.2 Å². The number of hydrogen-bond acceptors (Lipinski definition) is 6. The lowest BCUT2D eigenvalue weighted by atomic mass is 10.2. The third kappa shape index (κ3) is 3.45. The van der Waals surface area contributed by atoms with Gasteiger partial charge in [-0.15, -0.1) is 5.10 Å². The SMILES string of the molecule is N#Cc1ccc(Nc2nncc(NC3CCCC3)n2)cc1. The molecule has 1 aliphatic rings. The second-order valence-electron chi connectivity index (χ2n) is 5.11. The van der Waals surface area contributed by atoms with Gasteiger partial charge >= 0.3 is 0 Å². The second kappa shape index (κ2) is 6.18. The molecule has 106 valence electrons. The van der Waals surface area contributed by atoms with Crippen LogP contribution >= 0.6 is 0 Å². The van der Waals surface area contributed by atoms with Gasteiger partial charge in [-0.2, -0.15) is 15.3 Å². The van der Waals surface area contributed by atoms with Crippen molar-refractivity contribution in [2.24, 2.45) is 0 Å². The van der Waals surface area contributed by atoms with Crippen molar-refractivity contribution in [1.82, 2.24) is 15.2 Å². The molecule has 1 saturated carbocycles. The summed E-state index contributed by atoms with van der Waals surface area (Å²) < 4.78 is 0. The topological polar surface area (TPSA) is 86.5 Å². The van der Waals surface area contributed by atoms with Crippen LogP contribution in [0, 0.1) is 11.3 Å². The Morgan fingerprint density at radius 2 is 1.90 bits per heavy atom. The van der Waals surface area contributed by atoms with Gasteiger partial charge in [0.15, 0.2) is 5.82 Å². The van der Waals surface area contributed by atoms with Crippen LogP contribution in [0.15, 0.2) is 30.5 Å². The van der Waals surface area contributed by atoms with Crippen LogP contribution in [0.5, 0.6) is 0 Å². The molecule has 0 unspecified atom stereocenters. The van der Waals surface area contributed by atoms with E-state index in [-0.39, 0.29) is 0 Å². The summed E-state index contributed by atoms with van der Waals surface area (Å²) in [5.74, 6) is 1.19. The number of anilines is 3. The molecule has 1 heterocycles. The van der Waals surface area contributed by atoms with Crippen molar-refractivity contribution >= 4 is 17.5 Å². The van der Waals surface area contributed by atoms with Crippen molar-refractivity contribution in [2.45, 2.75) is 31.7 Å². The number of hydrogen-bond donors (Lipinski definition) is 2. The number of nitriles is 1. The van der Waals surface area contributed by atoms with Crippen LogP contribution < -0.4 is 10.6 Å². The van der Waals surface area contributed by atoms with Gasteiger partial charge in [0.2, 0.25) is 5.95 Å². The first-order chi connectivity index (χ1) is 10.3. The molecule has 1 fully saturated rings. The first-order valence-corrected chi connectivity index (χ1v) is 7.07. The summed E-state index contributed by atoms with van der Waals surface area (Å²) in [6.07, 6.45) is 6.55. The molecule has 0 radical (unpaired) electrons. The van der Waals surface area contributed by atoms with Gasteiger partial charge in [0.25, 0.3) is 0 Å². The van der Waals surface area contributed by atoms with Gasteiger partial charge in [-0.1, -0.05) is 12.8 Å². The van der Waals surface area contributed by atoms with Gasteiger partial charge in [-0.05, 0) is 37.1 Å². The summed E-state index contributed by atoms with van der Waals surface area (Å²) in [6.45, 7) is 0. The van der Waals surface area contributed by atoms with E-state index in [1.165, 1.54) is 25.7 Å². The van der Waals surface area contributed by atoms with Crippen LogP contribution in [0.1, 0.15) is 31.2 Å². The Hall–Kier alpha value is -2.68. The van der Waals surface area contributed by atoms with E-state index in [0.717, 1.165) is 11.5 Å². The average molecular weight is 280 g/mol. The Morgan fingerprint density at radius 3 is 2.62 bits per heavy atom. The van der Waals surface area contributed by atoms with Gasteiger partial charge in [0.05, 0.1) is 17.8 Å². The number of nitrogens with zero attached hydrogens (tertiary/aromatic N) is 4. The predicted molar refractivity (Wildman–Crippen MR) is 80.1 cm³/mol. The molecular formula is C15H16N6. The molecule has 6 nitrogen and oxygen atoms in total. The summed E-state index contributed by atoms with van der Waals surface area (Å²) >= 11 is 0. The molecule has 0 saturated heterocycles. The molecule has 2 aromatic rings. The number of benzene rings is 1. The molecule has 3 rings (SSSR count). The molecule has 0 spiro atoms. The van der Waals surface area contributed by atoms with E-state index >= 15 is 0 Å². The molecule has 0 amide bonds. The zero-order valence-corrected chi connectivity index (χ0v) is 11.6. The fourth-order valence-electron chi connectivity index (χ4n) is 2.46. The standard InChI is InChI=1S/C15H16N6/c16-9-11-5-7-13(8-6-11)19-15-20-14(10-17-21-15)18-12-3-1-2-4-12/h5-8,10,12H,1-4H2,(H2,18,19,20,21). The maximum atomic E-state index is 8.78. The summed E-state index contributed by atoms with van der Waals surface area (Å²) in [6, 6.07) is 9.71. The van der Waals surface area contributed by atoms with E-state index in [1.54, 1.807) is 18.3 Å². The lowest BCUT2D eigenvalue weighted by Gasteiger charge is -2.12. The molecule has 6 heteroatoms. The Kier molecular flexibility index (Phi) is 3.92. The molecule has 1 aromatic heterocycles. The van der Waals surface area contributed by atoms with Crippen molar-refractivity contribution < 1.29 is 0 Å². The Morgan fingerprint density at radius 1 is 1.14 bits per heavy atom. The van der Waals surface area contributed by atoms with Gasteiger partial charge in [0.1, 0.15) is 0 Å². The van der Waals surface area contributed by atoms with Crippen molar-refractivity contribution in [3.63, 3.8) is 0 Å². The first-order valence-electron chi connectivity index (χ1n) is 7.07. The van der Waals surface area contributed by atoms with Crippen molar-refractivity contribution in [1.29, 1.82) is 5.26 Å². The third-order valence-electron chi connectivity index (χ3n) is 3.54. The largest absolute Gasteiger partial charge is 0.366 e. The van der Waals surface area contributed by atoms with Crippen LogP contribution in [-0.2, 0) is 0 Å². The van der Waals surface area contributed by atoms with Crippen LogP contribution in [0.3, 0.4) is 0 Å². The smallest absolute Gasteiger partial charge is 0.249 e. The van der Waals surface area contributed by atoms with E-state index in [0.29, 0.717) is 17.6 Å². The van der Waals surface area contributed by atoms with E-state index < -0.39 is 0 Å². The highest BCUT2D eigenvalue weighted by Gasteiger charge is 2.15. The number of aromatic nitrogens is 3. The molecule has 1 aromatic carbocycles. The molecular weight excluding hydrogens is 264 g/mol. The van der Waals surface area contributed by atoms with E-state index in [2.05, 4.69) is 31.9 Å². The van der Waals surface area contributed by atoms with Crippen LogP contribution in [0.25, 0.3) is 0 Å². The molecule has 0 bridgehead atoms. The minimum Gasteiger partial charge on any atom is -0.366 e. The Labute approximate surface area is 123 Å².